The molecule has 4 rings (SSSR count). The van der Waals surface area contributed by atoms with E-state index >= 15 is 52.7 Å². The first-order chi connectivity index (χ1) is 25.4. The fraction of sp³-hybridized carbons (Fsp3) is 0.250. The van der Waals surface area contributed by atoms with Gasteiger partial charge in [-0.05, 0) is 24.3 Å². The molecular formula is C32H12BF24Na. The summed E-state index contributed by atoms with van der Waals surface area (Å²) >= 11 is 0. The second-order valence-electron chi connectivity index (χ2n) is 11.9. The monoisotopic (exact) mass is 886 g/mol. The van der Waals surface area contributed by atoms with Crippen LogP contribution in [0.25, 0.3) is 0 Å². The molecule has 0 amide bonds. The third-order valence-electron chi connectivity index (χ3n) is 8.61. The van der Waals surface area contributed by atoms with E-state index in [4.69, 9.17) is 0 Å². The van der Waals surface area contributed by atoms with Crippen molar-refractivity contribution in [3.63, 3.8) is 0 Å². The van der Waals surface area contributed by atoms with Crippen molar-refractivity contribution in [3.05, 3.63) is 117 Å². The Labute approximate surface area is 329 Å². The van der Waals surface area contributed by atoms with Crippen LogP contribution >= 0.6 is 0 Å². The number of halogens is 24. The van der Waals surface area contributed by atoms with Crippen LogP contribution in [0.15, 0.2) is 72.8 Å². The van der Waals surface area contributed by atoms with E-state index in [9.17, 15) is 52.7 Å². The Morgan fingerprint density at radius 1 is 0.241 bits per heavy atom. The van der Waals surface area contributed by atoms with E-state index in [0.717, 1.165) is 0 Å². The second-order valence-corrected chi connectivity index (χ2v) is 11.9. The molecule has 26 heteroatoms. The van der Waals surface area contributed by atoms with Crippen molar-refractivity contribution in [3.8, 4) is 0 Å². The van der Waals surface area contributed by atoms with Gasteiger partial charge in [0.15, 0.2) is 0 Å². The molecule has 0 N–H and O–H groups in total. The minimum Gasteiger partial charge on any atom is -0.182 e. The molecule has 0 radical (unpaired) electrons. The average Bonchev–Trinajstić information content (AvgIpc) is 3.01. The van der Waals surface area contributed by atoms with Crippen LogP contribution in [0.2, 0.25) is 0 Å². The number of rotatable bonds is 4. The van der Waals surface area contributed by atoms with E-state index in [0.29, 0.717) is 0 Å². The van der Waals surface area contributed by atoms with Crippen molar-refractivity contribution in [2.75, 3.05) is 0 Å². The van der Waals surface area contributed by atoms with Gasteiger partial charge in [0, 0.05) is 22.3 Å². The van der Waals surface area contributed by atoms with E-state index in [-0.39, 0.29) is 53.8 Å². The van der Waals surface area contributed by atoms with Crippen LogP contribution in [0.3, 0.4) is 0 Å². The van der Waals surface area contributed by atoms with Gasteiger partial charge >= 0.3 is 79.0 Å². The molecule has 58 heavy (non-hydrogen) atoms. The van der Waals surface area contributed by atoms with Gasteiger partial charge in [0.1, 0.15) is 6.15 Å². The predicted octanol–water partition coefficient (Wildman–Crippen LogP) is 8.22. The van der Waals surface area contributed by atoms with Crippen LogP contribution in [0, 0.1) is 0 Å². The third-order valence-corrected chi connectivity index (χ3v) is 8.61. The molecule has 4 aromatic carbocycles. The van der Waals surface area contributed by atoms with Crippen LogP contribution in [0.5, 0.6) is 0 Å². The minimum atomic E-state index is -6.88. The standard InChI is InChI=1S/C32H12BF24.Na/c34-25(35,36)13-5-1-9-17(21(13)29(46,47)48)33(18-10-2-6-14(26(37,38)39)22(18)30(49,50)51,19-11-3-7-15(27(40,41)42)23(19)31(52,53)54)20-12-4-8-16(28(43,44)45)24(20)32(55,56)57;/h1-12H;/q-1;+1. The van der Waals surface area contributed by atoms with Crippen LogP contribution in [0.4, 0.5) is 105 Å². The van der Waals surface area contributed by atoms with Gasteiger partial charge < -0.3 is 0 Å². The van der Waals surface area contributed by atoms with E-state index in [1.54, 1.807) is 0 Å². The summed E-state index contributed by atoms with van der Waals surface area (Å²) in [5.74, 6) is 0. The zero-order valence-corrected chi connectivity index (χ0v) is 29.6. The van der Waals surface area contributed by atoms with E-state index in [1.807, 2.05) is 0 Å². The zero-order chi connectivity index (χ0) is 43.9. The summed E-state index contributed by atoms with van der Waals surface area (Å²) in [4.78, 5) is 0. The molecule has 0 saturated heterocycles. The Balaban J connectivity index is 0.00000900. The topological polar surface area (TPSA) is 0 Å². The number of alkyl halides is 24. The molecule has 0 fully saturated rings. The molecule has 0 unspecified atom stereocenters. The molecule has 0 nitrogen and oxygen atoms in total. The van der Waals surface area contributed by atoms with Gasteiger partial charge in [-0.15, -0.1) is 0 Å². The maximum atomic E-state index is 15.0. The molecular weight excluding hydrogens is 874 g/mol. The smallest absolute Gasteiger partial charge is 0.182 e. The van der Waals surface area contributed by atoms with Crippen molar-refractivity contribution >= 4 is 28.0 Å². The van der Waals surface area contributed by atoms with Gasteiger partial charge in [-0.1, -0.05) is 48.5 Å². The molecule has 0 aliphatic rings. The molecule has 0 aromatic heterocycles. The number of hydrogen-bond acceptors (Lipinski definition) is 0. The van der Waals surface area contributed by atoms with Gasteiger partial charge in [-0.3, -0.25) is 0 Å². The Bertz CT molecular complexity index is 1830. The van der Waals surface area contributed by atoms with E-state index in [2.05, 4.69) is 0 Å². The van der Waals surface area contributed by atoms with Gasteiger partial charge in [-0.2, -0.15) is 127 Å². The zero-order valence-electron chi connectivity index (χ0n) is 27.6. The summed E-state index contributed by atoms with van der Waals surface area (Å²) in [5.41, 5.74) is -39.0. The van der Waals surface area contributed by atoms with Crippen LogP contribution in [0.1, 0.15) is 44.5 Å². The molecule has 0 atom stereocenters. The summed E-state index contributed by atoms with van der Waals surface area (Å²) in [6.45, 7) is 0. The summed E-state index contributed by atoms with van der Waals surface area (Å²) in [6, 6.07) is -6.15. The van der Waals surface area contributed by atoms with E-state index in [1.165, 1.54) is 0 Å². The Kier molecular flexibility index (Phi) is 12.6. The molecule has 0 heterocycles. The van der Waals surface area contributed by atoms with Crippen molar-refractivity contribution in [2.45, 2.75) is 49.4 Å². The largest absolute Gasteiger partial charge is 1.00 e. The minimum absolute atomic E-state index is 0. The summed E-state index contributed by atoms with van der Waals surface area (Å²) < 4.78 is 352. The first-order valence-electron chi connectivity index (χ1n) is 14.7. The molecule has 0 spiro atoms. The first-order valence-corrected chi connectivity index (χ1v) is 14.7. The van der Waals surface area contributed by atoms with E-state index < -0.39 is 170 Å². The molecule has 0 aliphatic carbocycles. The third kappa shape index (κ3) is 8.90. The van der Waals surface area contributed by atoms with Crippen molar-refractivity contribution < 1.29 is 135 Å². The number of hydrogen-bond donors (Lipinski definition) is 0. The van der Waals surface area contributed by atoms with Gasteiger partial charge in [0.2, 0.25) is 0 Å². The Morgan fingerprint density at radius 3 is 0.517 bits per heavy atom. The fourth-order valence-electron chi connectivity index (χ4n) is 6.94. The maximum Gasteiger partial charge on any atom is 1.00 e. The van der Waals surface area contributed by atoms with Gasteiger partial charge in [0.25, 0.3) is 0 Å². The predicted molar refractivity (Wildman–Crippen MR) is 150 cm³/mol. The Morgan fingerprint density at radius 2 is 0.397 bits per heavy atom. The van der Waals surface area contributed by atoms with Crippen LogP contribution < -0.4 is 51.4 Å². The molecule has 0 saturated carbocycles. The molecule has 312 valence electrons. The average molecular weight is 886 g/mol. The fourth-order valence-corrected chi connectivity index (χ4v) is 6.94. The molecule has 0 bridgehead atoms. The van der Waals surface area contributed by atoms with Crippen LogP contribution in [-0.2, 0) is 49.4 Å². The van der Waals surface area contributed by atoms with Crippen LogP contribution in [-0.4, -0.2) is 6.15 Å². The number of benzene rings is 4. The van der Waals surface area contributed by atoms with Crippen molar-refractivity contribution in [1.29, 1.82) is 0 Å². The van der Waals surface area contributed by atoms with Crippen molar-refractivity contribution in [2.24, 2.45) is 0 Å². The quantitative estimate of drug-likeness (QED) is 0.143. The first kappa shape index (κ1) is 48.6. The van der Waals surface area contributed by atoms with Gasteiger partial charge in [-0.25, -0.2) is 0 Å². The summed E-state index contributed by atoms with van der Waals surface area (Å²) in [7, 11) is 0. The maximum absolute atomic E-state index is 15.0. The molecule has 0 aliphatic heterocycles. The summed E-state index contributed by atoms with van der Waals surface area (Å²) in [6.07, 6.45) is -60.3. The summed E-state index contributed by atoms with van der Waals surface area (Å²) in [5, 5.41) is 0. The SMILES string of the molecule is FC(F)(F)c1cccc([B-](c2cccc(C(F)(F)F)c2C(F)(F)F)(c2cccc(C(F)(F)F)c2C(F)(F)F)c2cccc(C(F)(F)F)c2C(F)(F)F)c1C(F)(F)F.[Na+]. The normalized spacial score (nSPS) is 14.1. The Hall–Kier alpha value is -3.74. The van der Waals surface area contributed by atoms with Gasteiger partial charge in [0.05, 0.1) is 22.3 Å². The van der Waals surface area contributed by atoms with Crippen molar-refractivity contribution in [1.82, 2.24) is 0 Å². The second kappa shape index (κ2) is 15.1. The molecule has 4 aromatic rings.